The molecule has 0 bridgehead atoms. The number of amidine groups is 1. The minimum atomic E-state index is -1.34. The molecule has 1 heterocycles. The first-order valence-electron chi connectivity index (χ1n) is 5.97. The van der Waals surface area contributed by atoms with E-state index in [1.807, 2.05) is 6.92 Å². The van der Waals surface area contributed by atoms with Crippen LogP contribution in [0, 0.1) is 21.7 Å². The van der Waals surface area contributed by atoms with Gasteiger partial charge in [-0.3, -0.25) is 19.9 Å². The summed E-state index contributed by atoms with van der Waals surface area (Å²) in [5, 5.41) is 12.9. The summed E-state index contributed by atoms with van der Waals surface area (Å²) in [5.41, 5.74) is -1.54. The quantitative estimate of drug-likeness (QED) is 0.676. The smallest absolute Gasteiger partial charge is 0.305 e. The number of nitro benzene ring substituents is 1. The Labute approximate surface area is 112 Å². The number of aliphatic imine (C=N–C) groups is 1. The predicted molar refractivity (Wildman–Crippen MR) is 66.4 cm³/mol. The number of carbonyl (C=O) groups is 1. The average molecular weight is 283 g/mol. The van der Waals surface area contributed by atoms with Gasteiger partial charge < -0.3 is 5.32 Å². The van der Waals surface area contributed by atoms with Crippen LogP contribution in [-0.2, 0) is 4.79 Å². The van der Waals surface area contributed by atoms with Crippen molar-refractivity contribution in [3.8, 4) is 0 Å². The third-order valence-electron chi connectivity index (χ3n) is 2.90. The van der Waals surface area contributed by atoms with Gasteiger partial charge >= 0.3 is 5.69 Å². The van der Waals surface area contributed by atoms with Crippen molar-refractivity contribution in [2.24, 2.45) is 4.99 Å². The zero-order chi connectivity index (χ0) is 14.9. The van der Waals surface area contributed by atoms with Crippen molar-refractivity contribution >= 4 is 17.4 Å². The van der Waals surface area contributed by atoms with Crippen LogP contribution in [0.4, 0.5) is 14.5 Å². The van der Waals surface area contributed by atoms with Gasteiger partial charge in [-0.15, -0.1) is 0 Å². The van der Waals surface area contributed by atoms with E-state index in [-0.39, 0.29) is 5.84 Å². The molecular formula is C12H11F2N3O3. The summed E-state index contributed by atoms with van der Waals surface area (Å²) in [6.07, 6.45) is 1.11. The van der Waals surface area contributed by atoms with Gasteiger partial charge in [0.15, 0.2) is 0 Å². The lowest BCUT2D eigenvalue weighted by molar-refractivity contribution is -0.387. The molecule has 6 nitrogen and oxygen atoms in total. The summed E-state index contributed by atoms with van der Waals surface area (Å²) in [7, 11) is 0. The summed E-state index contributed by atoms with van der Waals surface area (Å²) in [4.78, 5) is 25.2. The Morgan fingerprint density at radius 1 is 1.45 bits per heavy atom. The van der Waals surface area contributed by atoms with Gasteiger partial charge in [-0.2, -0.15) is 4.39 Å². The van der Waals surface area contributed by atoms with E-state index >= 15 is 0 Å². The molecule has 1 amide bonds. The van der Waals surface area contributed by atoms with Crippen molar-refractivity contribution in [3.63, 3.8) is 0 Å². The zero-order valence-electron chi connectivity index (χ0n) is 10.5. The Balaban J connectivity index is 2.48. The van der Waals surface area contributed by atoms with Crippen molar-refractivity contribution in [2.75, 3.05) is 0 Å². The second kappa shape index (κ2) is 5.32. The standard InChI is InChI=1S/C12H11F2N3O3/c1-2-3-7-12(18)16-11(15-7)9-6(13)4-5-8(10(9)14)17(19)20/h4-5,7H,2-3H2,1H3,(H,15,16,18). The maximum Gasteiger partial charge on any atom is 0.305 e. The van der Waals surface area contributed by atoms with E-state index in [0.29, 0.717) is 12.8 Å². The average Bonchev–Trinajstić information content (AvgIpc) is 2.71. The van der Waals surface area contributed by atoms with Gasteiger partial charge in [0.1, 0.15) is 17.7 Å². The maximum absolute atomic E-state index is 14.0. The van der Waals surface area contributed by atoms with E-state index in [4.69, 9.17) is 0 Å². The van der Waals surface area contributed by atoms with Gasteiger partial charge in [0, 0.05) is 6.07 Å². The number of halogens is 2. The molecule has 1 aromatic carbocycles. The van der Waals surface area contributed by atoms with Crippen molar-refractivity contribution in [1.82, 2.24) is 5.32 Å². The summed E-state index contributed by atoms with van der Waals surface area (Å²) in [6.45, 7) is 1.84. The summed E-state index contributed by atoms with van der Waals surface area (Å²) < 4.78 is 27.7. The number of nitro groups is 1. The second-order valence-electron chi connectivity index (χ2n) is 4.28. The van der Waals surface area contributed by atoms with Gasteiger partial charge in [0.05, 0.1) is 10.5 Å². The van der Waals surface area contributed by atoms with Crippen LogP contribution < -0.4 is 5.32 Å². The van der Waals surface area contributed by atoms with Crippen molar-refractivity contribution in [2.45, 2.75) is 25.8 Å². The first-order chi connectivity index (χ1) is 9.45. The highest BCUT2D eigenvalue weighted by Crippen LogP contribution is 2.25. The molecule has 106 valence electrons. The van der Waals surface area contributed by atoms with Gasteiger partial charge in [-0.25, -0.2) is 4.39 Å². The number of carbonyl (C=O) groups excluding carboxylic acids is 1. The molecule has 20 heavy (non-hydrogen) atoms. The molecule has 8 heteroatoms. The topological polar surface area (TPSA) is 84.6 Å². The monoisotopic (exact) mass is 283 g/mol. The molecule has 1 aliphatic rings. The Morgan fingerprint density at radius 3 is 2.75 bits per heavy atom. The molecule has 0 fully saturated rings. The molecule has 0 spiro atoms. The van der Waals surface area contributed by atoms with Gasteiger partial charge in [-0.05, 0) is 12.5 Å². The minimum Gasteiger partial charge on any atom is -0.308 e. The lowest BCUT2D eigenvalue weighted by atomic mass is 10.1. The van der Waals surface area contributed by atoms with Crippen LogP contribution in [-0.4, -0.2) is 22.7 Å². The highest BCUT2D eigenvalue weighted by molar-refractivity contribution is 6.14. The summed E-state index contributed by atoms with van der Waals surface area (Å²) >= 11 is 0. The van der Waals surface area contributed by atoms with E-state index < -0.39 is 39.8 Å². The Kier molecular flexibility index (Phi) is 3.73. The number of nitrogens with zero attached hydrogens (tertiary/aromatic N) is 2. The lowest BCUT2D eigenvalue weighted by Gasteiger charge is -2.04. The summed E-state index contributed by atoms with van der Waals surface area (Å²) in [6, 6.07) is 0.793. The molecule has 1 N–H and O–H groups in total. The molecule has 0 saturated carbocycles. The minimum absolute atomic E-state index is 0.299. The van der Waals surface area contributed by atoms with Gasteiger partial charge in [0.2, 0.25) is 11.7 Å². The largest absolute Gasteiger partial charge is 0.308 e. The highest BCUT2D eigenvalue weighted by Gasteiger charge is 2.32. The highest BCUT2D eigenvalue weighted by atomic mass is 19.1. The van der Waals surface area contributed by atoms with E-state index in [1.165, 1.54) is 0 Å². The SMILES string of the molecule is CCCC1N=C(c2c(F)ccc([N+](=O)[O-])c2F)NC1=O. The molecule has 1 aromatic rings. The number of hydrogen-bond acceptors (Lipinski definition) is 4. The number of hydrogen-bond donors (Lipinski definition) is 1. The van der Waals surface area contributed by atoms with Crippen LogP contribution in [0.5, 0.6) is 0 Å². The molecule has 0 radical (unpaired) electrons. The van der Waals surface area contributed by atoms with Crippen LogP contribution in [0.2, 0.25) is 0 Å². The second-order valence-corrected chi connectivity index (χ2v) is 4.28. The predicted octanol–water partition coefficient (Wildman–Crippen LogP) is 1.92. The molecule has 1 unspecified atom stereocenters. The molecule has 2 rings (SSSR count). The number of benzene rings is 1. The first kappa shape index (κ1) is 14.0. The number of amides is 1. The van der Waals surface area contributed by atoms with Crippen LogP contribution in [0.15, 0.2) is 17.1 Å². The molecular weight excluding hydrogens is 272 g/mol. The van der Waals surface area contributed by atoms with Crippen LogP contribution in [0.3, 0.4) is 0 Å². The van der Waals surface area contributed by atoms with E-state index in [2.05, 4.69) is 10.3 Å². The van der Waals surface area contributed by atoms with Gasteiger partial charge in [-0.1, -0.05) is 13.3 Å². The van der Waals surface area contributed by atoms with E-state index in [0.717, 1.165) is 12.1 Å². The van der Waals surface area contributed by atoms with Crippen LogP contribution in [0.25, 0.3) is 0 Å². The third-order valence-corrected chi connectivity index (χ3v) is 2.90. The summed E-state index contributed by atoms with van der Waals surface area (Å²) in [5.74, 6) is -3.12. The molecule has 1 aliphatic heterocycles. The molecule has 1 atom stereocenters. The fraction of sp³-hybridized carbons (Fsp3) is 0.333. The molecule has 0 saturated heterocycles. The van der Waals surface area contributed by atoms with Crippen molar-refractivity contribution < 1.29 is 18.5 Å². The Morgan fingerprint density at radius 2 is 2.15 bits per heavy atom. The normalized spacial score (nSPS) is 17.9. The molecule has 0 aliphatic carbocycles. The van der Waals surface area contributed by atoms with Crippen molar-refractivity contribution in [1.29, 1.82) is 0 Å². The third kappa shape index (κ3) is 2.36. The van der Waals surface area contributed by atoms with Crippen LogP contribution >= 0.6 is 0 Å². The lowest BCUT2D eigenvalue weighted by Crippen LogP contribution is -2.30. The van der Waals surface area contributed by atoms with Gasteiger partial charge in [0.25, 0.3) is 0 Å². The fourth-order valence-electron chi connectivity index (χ4n) is 1.94. The Bertz CT molecular complexity index is 616. The first-order valence-corrected chi connectivity index (χ1v) is 5.97. The Hall–Kier alpha value is -2.38. The van der Waals surface area contributed by atoms with E-state index in [9.17, 15) is 23.7 Å². The number of rotatable bonds is 4. The van der Waals surface area contributed by atoms with Crippen molar-refractivity contribution in [3.05, 3.63) is 39.4 Å². The fourth-order valence-corrected chi connectivity index (χ4v) is 1.94. The number of nitrogens with one attached hydrogen (secondary N) is 1. The molecule has 0 aromatic heterocycles. The zero-order valence-corrected chi connectivity index (χ0v) is 10.5. The van der Waals surface area contributed by atoms with E-state index in [1.54, 1.807) is 0 Å². The maximum atomic E-state index is 14.0. The van der Waals surface area contributed by atoms with Crippen LogP contribution in [0.1, 0.15) is 25.3 Å².